The highest BCUT2D eigenvalue weighted by molar-refractivity contribution is 6.38. The number of hydrogen-bond acceptors (Lipinski definition) is 4. The number of amides is 1. The Bertz CT molecular complexity index is 687. The number of fused-ring (bicyclic) bond motifs is 5. The van der Waals surface area contributed by atoms with Gasteiger partial charge in [0.1, 0.15) is 0 Å². The molecule has 0 radical (unpaired) electrons. The minimum absolute atomic E-state index is 0.0970. The van der Waals surface area contributed by atoms with E-state index in [-0.39, 0.29) is 12.5 Å². The van der Waals surface area contributed by atoms with Gasteiger partial charge in [-0.25, -0.2) is 4.79 Å². The fourth-order valence-corrected chi connectivity index (χ4v) is 2.45. The van der Waals surface area contributed by atoms with Crippen molar-refractivity contribution in [3.8, 4) is 0 Å². The standard InChI is InChI=1S/C16H13NO4/c18-14-8-3-6-12-11-5-1-2-7-13(11)17(15(12)19)9-4-10-21-16(14)20/h1-3,5-8H,4,9-10H2/b8-3-,12-6-. The number of para-hydroxylation sites is 1. The van der Waals surface area contributed by atoms with Crippen LogP contribution >= 0.6 is 0 Å². The van der Waals surface area contributed by atoms with E-state index in [9.17, 15) is 14.4 Å². The van der Waals surface area contributed by atoms with Crippen LogP contribution in [-0.4, -0.2) is 30.8 Å². The van der Waals surface area contributed by atoms with E-state index in [0.29, 0.717) is 18.5 Å². The molecule has 0 N–H and O–H groups in total. The molecule has 0 fully saturated rings. The number of anilines is 1. The first-order valence-corrected chi connectivity index (χ1v) is 6.69. The van der Waals surface area contributed by atoms with Crippen LogP contribution in [0.1, 0.15) is 12.0 Å². The fraction of sp³-hybridized carbons (Fsp3) is 0.188. The van der Waals surface area contributed by atoms with Crippen molar-refractivity contribution in [1.82, 2.24) is 0 Å². The summed E-state index contributed by atoms with van der Waals surface area (Å²) in [6.07, 6.45) is 4.58. The molecule has 0 atom stereocenters. The number of rotatable bonds is 0. The van der Waals surface area contributed by atoms with E-state index in [0.717, 1.165) is 17.3 Å². The van der Waals surface area contributed by atoms with Crippen LogP contribution in [0.2, 0.25) is 0 Å². The van der Waals surface area contributed by atoms with Gasteiger partial charge in [0, 0.05) is 17.7 Å². The van der Waals surface area contributed by atoms with Crippen LogP contribution in [0.25, 0.3) is 5.57 Å². The van der Waals surface area contributed by atoms with Gasteiger partial charge in [0.25, 0.3) is 11.7 Å². The maximum Gasteiger partial charge on any atom is 0.379 e. The second-order valence-corrected chi connectivity index (χ2v) is 4.77. The van der Waals surface area contributed by atoms with E-state index in [1.807, 2.05) is 24.3 Å². The molecule has 3 rings (SSSR count). The number of ether oxygens (including phenoxy) is 1. The zero-order chi connectivity index (χ0) is 14.8. The van der Waals surface area contributed by atoms with Crippen molar-refractivity contribution in [3.05, 3.63) is 48.1 Å². The zero-order valence-electron chi connectivity index (χ0n) is 11.2. The van der Waals surface area contributed by atoms with Crippen molar-refractivity contribution in [3.63, 3.8) is 0 Å². The third kappa shape index (κ3) is 2.38. The number of esters is 1. The number of allylic oxidation sites excluding steroid dienone is 2. The van der Waals surface area contributed by atoms with Gasteiger partial charge in [-0.3, -0.25) is 9.59 Å². The van der Waals surface area contributed by atoms with E-state index >= 15 is 0 Å². The number of ketones is 1. The first kappa shape index (κ1) is 13.3. The summed E-state index contributed by atoms with van der Waals surface area (Å²) in [5.41, 5.74) is 2.22. The first-order chi connectivity index (χ1) is 10.2. The Labute approximate surface area is 121 Å². The van der Waals surface area contributed by atoms with E-state index in [1.54, 1.807) is 11.0 Å². The van der Waals surface area contributed by atoms with Crippen molar-refractivity contribution in [1.29, 1.82) is 0 Å². The Kier molecular flexibility index (Phi) is 3.39. The number of benzene rings is 1. The summed E-state index contributed by atoms with van der Waals surface area (Å²) < 4.78 is 4.86. The molecule has 0 unspecified atom stereocenters. The van der Waals surface area contributed by atoms with Crippen LogP contribution in [0, 0.1) is 0 Å². The molecule has 0 saturated heterocycles. The van der Waals surface area contributed by atoms with Crippen LogP contribution in [0.4, 0.5) is 5.69 Å². The normalized spacial score (nSPS) is 22.6. The number of hydrogen-bond donors (Lipinski definition) is 0. The van der Waals surface area contributed by atoms with Crippen LogP contribution in [0.15, 0.2) is 42.5 Å². The second kappa shape index (κ2) is 5.36. The van der Waals surface area contributed by atoms with Gasteiger partial charge in [-0.1, -0.05) is 24.3 Å². The van der Waals surface area contributed by atoms with E-state index in [4.69, 9.17) is 4.74 Å². The molecule has 1 amide bonds. The smallest absolute Gasteiger partial charge is 0.379 e. The molecule has 0 spiro atoms. The number of carbonyl (C=O) groups is 3. The monoisotopic (exact) mass is 283 g/mol. The predicted octanol–water partition coefficient (Wildman–Crippen LogP) is 1.49. The number of carbonyl (C=O) groups excluding carboxylic acids is 3. The third-order valence-electron chi connectivity index (χ3n) is 3.43. The van der Waals surface area contributed by atoms with Crippen LogP contribution in [-0.2, 0) is 19.1 Å². The highest BCUT2D eigenvalue weighted by atomic mass is 16.5. The van der Waals surface area contributed by atoms with Crippen molar-refractivity contribution >= 4 is 28.9 Å². The largest absolute Gasteiger partial charge is 0.460 e. The van der Waals surface area contributed by atoms with Gasteiger partial charge in [-0.05, 0) is 24.6 Å². The molecule has 2 heterocycles. The molecule has 1 aromatic rings. The molecule has 21 heavy (non-hydrogen) atoms. The summed E-state index contributed by atoms with van der Waals surface area (Å²) in [6.45, 7) is 0.557. The topological polar surface area (TPSA) is 63.7 Å². The van der Waals surface area contributed by atoms with Crippen LogP contribution in [0.5, 0.6) is 0 Å². The van der Waals surface area contributed by atoms with E-state index < -0.39 is 11.8 Å². The Morgan fingerprint density at radius 2 is 1.90 bits per heavy atom. The van der Waals surface area contributed by atoms with Gasteiger partial charge in [0.05, 0.1) is 12.3 Å². The summed E-state index contributed by atoms with van der Waals surface area (Å²) in [5.74, 6) is -1.68. The molecule has 0 aliphatic carbocycles. The van der Waals surface area contributed by atoms with Crippen molar-refractivity contribution in [2.24, 2.45) is 0 Å². The van der Waals surface area contributed by atoms with Gasteiger partial charge in [-0.15, -0.1) is 0 Å². The molecule has 106 valence electrons. The molecule has 0 aromatic heterocycles. The average Bonchev–Trinajstić information content (AvgIpc) is 2.76. The molecule has 2 bridgehead atoms. The van der Waals surface area contributed by atoms with Crippen LogP contribution < -0.4 is 4.90 Å². The summed E-state index contributed by atoms with van der Waals surface area (Å²) in [5, 5.41) is 0. The Balaban J connectivity index is 2.05. The molecule has 5 heteroatoms. The van der Waals surface area contributed by atoms with Gasteiger partial charge in [0.2, 0.25) is 0 Å². The van der Waals surface area contributed by atoms with Crippen molar-refractivity contribution < 1.29 is 19.1 Å². The summed E-state index contributed by atoms with van der Waals surface area (Å²) in [4.78, 5) is 37.0. The predicted molar refractivity (Wildman–Crippen MR) is 76.5 cm³/mol. The second-order valence-electron chi connectivity index (χ2n) is 4.77. The minimum Gasteiger partial charge on any atom is -0.460 e. The van der Waals surface area contributed by atoms with Gasteiger partial charge < -0.3 is 9.64 Å². The lowest BCUT2D eigenvalue weighted by Gasteiger charge is -2.16. The molecule has 0 saturated carbocycles. The summed E-state index contributed by atoms with van der Waals surface area (Å²) >= 11 is 0. The lowest BCUT2D eigenvalue weighted by molar-refractivity contribution is -0.151. The Hall–Kier alpha value is -2.69. The highest BCUT2D eigenvalue weighted by Crippen LogP contribution is 2.36. The summed E-state index contributed by atoms with van der Waals surface area (Å²) in [7, 11) is 0. The van der Waals surface area contributed by atoms with E-state index in [1.165, 1.54) is 6.08 Å². The van der Waals surface area contributed by atoms with Crippen LogP contribution in [0.3, 0.4) is 0 Å². The maximum absolute atomic E-state index is 12.5. The zero-order valence-corrected chi connectivity index (χ0v) is 11.2. The quantitative estimate of drug-likeness (QED) is 0.534. The lowest BCUT2D eigenvalue weighted by Crippen LogP contribution is -2.29. The molecule has 5 nitrogen and oxygen atoms in total. The van der Waals surface area contributed by atoms with Crippen molar-refractivity contribution in [2.75, 3.05) is 18.1 Å². The minimum atomic E-state index is -0.864. The highest BCUT2D eigenvalue weighted by Gasteiger charge is 2.31. The molecule has 2 aliphatic heterocycles. The number of cyclic esters (lactones) is 1. The molecular formula is C16H13NO4. The summed E-state index contributed by atoms with van der Waals surface area (Å²) in [6, 6.07) is 7.49. The third-order valence-corrected chi connectivity index (χ3v) is 3.43. The van der Waals surface area contributed by atoms with Gasteiger partial charge in [-0.2, -0.15) is 0 Å². The van der Waals surface area contributed by atoms with Gasteiger partial charge >= 0.3 is 5.97 Å². The van der Waals surface area contributed by atoms with Gasteiger partial charge in [0.15, 0.2) is 0 Å². The molecule has 1 aromatic carbocycles. The van der Waals surface area contributed by atoms with E-state index in [2.05, 4.69) is 0 Å². The lowest BCUT2D eigenvalue weighted by atomic mass is 10.1. The molecule has 2 aliphatic rings. The number of nitrogens with zero attached hydrogens (tertiary/aromatic N) is 1. The molecular weight excluding hydrogens is 270 g/mol. The Morgan fingerprint density at radius 3 is 2.76 bits per heavy atom. The SMILES string of the molecule is O=C1/C=C\C=C2/C(=O)N(CCCOC1=O)c1ccccc12. The first-order valence-electron chi connectivity index (χ1n) is 6.69. The fourth-order valence-electron chi connectivity index (χ4n) is 2.45. The maximum atomic E-state index is 12.5. The Morgan fingerprint density at radius 1 is 1.10 bits per heavy atom. The van der Waals surface area contributed by atoms with Crippen molar-refractivity contribution in [2.45, 2.75) is 6.42 Å². The average molecular weight is 283 g/mol.